The zero-order valence-electron chi connectivity index (χ0n) is 19.5. The minimum absolute atomic E-state index is 0.0897. The van der Waals surface area contributed by atoms with E-state index < -0.39 is 0 Å². The summed E-state index contributed by atoms with van der Waals surface area (Å²) in [7, 11) is 1.67. The average Bonchev–Trinajstić information content (AvgIpc) is 3.44. The first-order valence-corrected chi connectivity index (χ1v) is 11.8. The number of amides is 1. The largest absolute Gasteiger partial charge is 0.497 e. The molecule has 1 atom stereocenters. The quantitative estimate of drug-likeness (QED) is 0.519. The Labute approximate surface area is 200 Å². The number of carbonyl (C=O) groups excluding carboxylic acids is 1. The van der Waals surface area contributed by atoms with E-state index in [2.05, 4.69) is 27.4 Å². The van der Waals surface area contributed by atoms with Crippen molar-refractivity contribution in [3.8, 4) is 5.75 Å². The molecule has 4 rings (SSSR count). The number of ether oxygens (including phenoxy) is 1. The molecule has 7 heteroatoms. The summed E-state index contributed by atoms with van der Waals surface area (Å²) in [5, 5.41) is 8.50. The molecule has 2 aromatic carbocycles. The second-order valence-corrected chi connectivity index (χ2v) is 8.94. The van der Waals surface area contributed by atoms with Gasteiger partial charge in [-0.1, -0.05) is 41.9 Å². The lowest BCUT2D eigenvalue weighted by atomic mass is 10.0. The number of benzene rings is 2. The van der Waals surface area contributed by atoms with Gasteiger partial charge in [-0.3, -0.25) is 14.4 Å². The molecule has 1 saturated heterocycles. The van der Waals surface area contributed by atoms with Gasteiger partial charge >= 0.3 is 0 Å². The van der Waals surface area contributed by atoms with E-state index in [1.54, 1.807) is 7.11 Å². The lowest BCUT2D eigenvalue weighted by molar-refractivity contribution is 0.0936. The third-order valence-corrected chi connectivity index (χ3v) is 6.79. The number of carbonyl (C=O) groups is 1. The minimum Gasteiger partial charge on any atom is -0.497 e. The van der Waals surface area contributed by atoms with Crippen LogP contribution in [0, 0.1) is 13.8 Å². The van der Waals surface area contributed by atoms with Crippen molar-refractivity contribution in [2.24, 2.45) is 0 Å². The minimum atomic E-state index is -0.0897. The second-order valence-electron chi connectivity index (χ2n) is 8.54. The van der Waals surface area contributed by atoms with E-state index in [0.717, 1.165) is 35.8 Å². The highest BCUT2D eigenvalue weighted by atomic mass is 35.5. The summed E-state index contributed by atoms with van der Waals surface area (Å²) in [6, 6.07) is 16.0. The molecule has 0 saturated carbocycles. The first-order valence-electron chi connectivity index (χ1n) is 11.4. The van der Waals surface area contributed by atoms with Crippen LogP contribution in [0.1, 0.15) is 51.8 Å². The Balaban J connectivity index is 1.50. The van der Waals surface area contributed by atoms with Gasteiger partial charge in [-0.05, 0) is 69.1 Å². The average molecular weight is 467 g/mol. The molecular formula is C26H31ClN4O2. The molecule has 1 amide bonds. The number of methoxy groups -OCH3 is 1. The van der Waals surface area contributed by atoms with Crippen LogP contribution >= 0.6 is 11.6 Å². The van der Waals surface area contributed by atoms with Crippen LogP contribution in [0.4, 0.5) is 0 Å². The molecule has 1 unspecified atom stereocenters. The molecule has 1 aliphatic heterocycles. The van der Waals surface area contributed by atoms with Crippen LogP contribution in [0.15, 0.2) is 48.5 Å². The van der Waals surface area contributed by atoms with Gasteiger partial charge in [0.15, 0.2) is 0 Å². The number of aromatic nitrogens is 2. The van der Waals surface area contributed by atoms with Crippen LogP contribution in [0.5, 0.6) is 5.75 Å². The van der Waals surface area contributed by atoms with Gasteiger partial charge in [-0.25, -0.2) is 0 Å². The zero-order chi connectivity index (χ0) is 23.4. The number of likely N-dealkylation sites (tertiary alicyclic amines) is 1. The monoisotopic (exact) mass is 466 g/mol. The van der Waals surface area contributed by atoms with Crippen LogP contribution in [0.3, 0.4) is 0 Å². The molecule has 0 spiro atoms. The van der Waals surface area contributed by atoms with Crippen molar-refractivity contribution >= 4 is 17.5 Å². The molecule has 2 heterocycles. The predicted octanol–water partition coefficient (Wildman–Crippen LogP) is 4.78. The molecular weight excluding hydrogens is 436 g/mol. The maximum atomic E-state index is 13.2. The first-order chi connectivity index (χ1) is 16.0. The lowest BCUT2D eigenvalue weighted by Crippen LogP contribution is -2.37. The van der Waals surface area contributed by atoms with Gasteiger partial charge in [0.1, 0.15) is 5.75 Å². The fourth-order valence-corrected chi connectivity index (χ4v) is 4.78. The highest BCUT2D eigenvalue weighted by molar-refractivity contribution is 6.31. The van der Waals surface area contributed by atoms with E-state index in [4.69, 9.17) is 16.3 Å². The standard InChI is InChI=1S/C26H31ClN4O2/c1-18-25(19(2)31(29-18)17-21-8-4-5-9-23(21)27)26(32)28-16-24(30-14-6-7-15-30)20-10-12-22(33-3)13-11-20/h4-5,8-13,24H,6-7,14-17H2,1-3H3,(H,28,32). The van der Waals surface area contributed by atoms with Crippen molar-refractivity contribution < 1.29 is 9.53 Å². The smallest absolute Gasteiger partial charge is 0.255 e. The van der Waals surface area contributed by atoms with Gasteiger partial charge in [-0.2, -0.15) is 5.10 Å². The molecule has 174 valence electrons. The third kappa shape index (κ3) is 5.23. The van der Waals surface area contributed by atoms with E-state index in [-0.39, 0.29) is 11.9 Å². The van der Waals surface area contributed by atoms with Crippen LogP contribution in [0.25, 0.3) is 0 Å². The van der Waals surface area contributed by atoms with Gasteiger partial charge in [0.2, 0.25) is 0 Å². The Morgan fingerprint density at radius 3 is 2.48 bits per heavy atom. The summed E-state index contributed by atoms with van der Waals surface area (Å²) in [5.74, 6) is 0.744. The Kier molecular flexibility index (Phi) is 7.36. The number of hydrogen-bond donors (Lipinski definition) is 1. The maximum Gasteiger partial charge on any atom is 0.255 e. The fraction of sp³-hybridized carbons (Fsp3) is 0.385. The summed E-state index contributed by atoms with van der Waals surface area (Å²) in [5.41, 5.74) is 4.36. The summed E-state index contributed by atoms with van der Waals surface area (Å²) < 4.78 is 7.16. The van der Waals surface area contributed by atoms with E-state index in [9.17, 15) is 4.79 Å². The number of nitrogens with zero attached hydrogens (tertiary/aromatic N) is 3. The van der Waals surface area contributed by atoms with Crippen molar-refractivity contribution in [3.63, 3.8) is 0 Å². The summed E-state index contributed by atoms with van der Waals surface area (Å²) >= 11 is 6.33. The molecule has 3 aromatic rings. The Bertz CT molecular complexity index is 1100. The zero-order valence-corrected chi connectivity index (χ0v) is 20.2. The van der Waals surface area contributed by atoms with Gasteiger partial charge in [0.25, 0.3) is 5.91 Å². The van der Waals surface area contributed by atoms with Crippen molar-refractivity contribution in [3.05, 3.63) is 81.6 Å². The van der Waals surface area contributed by atoms with Crippen LogP contribution in [-0.2, 0) is 6.54 Å². The number of halogens is 1. The number of rotatable bonds is 8. The molecule has 0 bridgehead atoms. The van der Waals surface area contributed by atoms with E-state index >= 15 is 0 Å². The van der Waals surface area contributed by atoms with Gasteiger partial charge in [-0.15, -0.1) is 0 Å². The van der Waals surface area contributed by atoms with Crippen molar-refractivity contribution in [2.45, 2.75) is 39.3 Å². The fourth-order valence-electron chi connectivity index (χ4n) is 4.58. The highest BCUT2D eigenvalue weighted by Crippen LogP contribution is 2.27. The summed E-state index contributed by atoms with van der Waals surface area (Å²) in [6.07, 6.45) is 2.38. The number of nitrogens with one attached hydrogen (secondary N) is 1. The Morgan fingerprint density at radius 1 is 1.12 bits per heavy atom. The number of aryl methyl sites for hydroxylation is 1. The second kappa shape index (κ2) is 10.4. The van der Waals surface area contributed by atoms with Crippen molar-refractivity contribution in [2.75, 3.05) is 26.7 Å². The lowest BCUT2D eigenvalue weighted by Gasteiger charge is -2.28. The van der Waals surface area contributed by atoms with Gasteiger partial charge in [0, 0.05) is 17.3 Å². The van der Waals surface area contributed by atoms with E-state index in [1.165, 1.54) is 18.4 Å². The Hall–Kier alpha value is -2.83. The molecule has 33 heavy (non-hydrogen) atoms. The molecule has 1 fully saturated rings. The Morgan fingerprint density at radius 2 is 1.82 bits per heavy atom. The topological polar surface area (TPSA) is 59.4 Å². The SMILES string of the molecule is COc1ccc(C(CNC(=O)c2c(C)nn(Cc3ccccc3Cl)c2C)N2CCCC2)cc1. The highest BCUT2D eigenvalue weighted by Gasteiger charge is 2.26. The summed E-state index contributed by atoms with van der Waals surface area (Å²) in [4.78, 5) is 15.7. The maximum absolute atomic E-state index is 13.2. The van der Waals surface area contributed by atoms with Crippen LogP contribution in [0.2, 0.25) is 5.02 Å². The summed E-state index contributed by atoms with van der Waals surface area (Å²) in [6.45, 7) is 6.97. The molecule has 1 aromatic heterocycles. The predicted molar refractivity (Wildman–Crippen MR) is 131 cm³/mol. The molecule has 0 radical (unpaired) electrons. The van der Waals surface area contributed by atoms with Crippen LogP contribution < -0.4 is 10.1 Å². The third-order valence-electron chi connectivity index (χ3n) is 6.42. The van der Waals surface area contributed by atoms with E-state index in [1.807, 2.05) is 54.9 Å². The van der Waals surface area contributed by atoms with Crippen LogP contribution in [-0.4, -0.2) is 47.3 Å². The molecule has 1 aliphatic rings. The van der Waals surface area contributed by atoms with Crippen molar-refractivity contribution in [1.82, 2.24) is 20.0 Å². The molecule has 6 nitrogen and oxygen atoms in total. The molecule has 0 aliphatic carbocycles. The molecule has 1 N–H and O–H groups in total. The van der Waals surface area contributed by atoms with E-state index in [0.29, 0.717) is 23.7 Å². The van der Waals surface area contributed by atoms with Gasteiger partial charge < -0.3 is 10.1 Å². The number of hydrogen-bond acceptors (Lipinski definition) is 4. The van der Waals surface area contributed by atoms with Crippen molar-refractivity contribution in [1.29, 1.82) is 0 Å². The first kappa shape index (κ1) is 23.3. The van der Waals surface area contributed by atoms with Gasteiger partial charge in [0.05, 0.1) is 31.0 Å². The normalized spacial score (nSPS) is 14.9.